The smallest absolute Gasteiger partial charge is 0.153 e. The molecule has 0 spiro atoms. The first kappa shape index (κ1) is 10.0. The van der Waals surface area contributed by atoms with E-state index in [1.165, 1.54) is 0 Å². The number of allylic oxidation sites excluding steroid dienone is 5. The fourth-order valence-electron chi connectivity index (χ4n) is 1.90. The minimum atomic E-state index is 0.444. The van der Waals surface area contributed by atoms with Gasteiger partial charge in [0.1, 0.15) is 11.5 Å². The summed E-state index contributed by atoms with van der Waals surface area (Å²) in [5, 5.41) is 0. The Hall–Kier alpha value is -1.51. The summed E-state index contributed by atoms with van der Waals surface area (Å²) in [6.07, 6.45) is 8.45. The van der Waals surface area contributed by atoms with Crippen LogP contribution < -0.4 is 0 Å². The van der Waals surface area contributed by atoms with Gasteiger partial charge in [-0.2, -0.15) is 0 Å². The summed E-state index contributed by atoms with van der Waals surface area (Å²) in [5.74, 6) is 1.97. The molecule has 1 fully saturated rings. The zero-order chi connectivity index (χ0) is 10.7. The lowest BCUT2D eigenvalue weighted by Crippen LogP contribution is -2.01. The molecule has 0 saturated carbocycles. The minimum Gasteiger partial charge on any atom is -0.497 e. The van der Waals surface area contributed by atoms with Crippen LogP contribution in [0.1, 0.15) is 12.8 Å². The molecule has 1 atom stereocenters. The van der Waals surface area contributed by atoms with Crippen molar-refractivity contribution in [3.63, 3.8) is 0 Å². The van der Waals surface area contributed by atoms with Crippen LogP contribution in [0.5, 0.6) is 0 Å². The van der Waals surface area contributed by atoms with Crippen molar-refractivity contribution in [2.24, 2.45) is 5.92 Å². The van der Waals surface area contributed by atoms with Crippen molar-refractivity contribution in [2.45, 2.75) is 12.8 Å². The molecule has 0 aromatic rings. The average Bonchev–Trinajstić information content (AvgIpc) is 2.65. The maximum atomic E-state index is 10.8. The Labute approximate surface area is 89.1 Å². The quantitative estimate of drug-likeness (QED) is 0.648. The lowest BCUT2D eigenvalue weighted by atomic mass is 9.98. The Morgan fingerprint density at radius 2 is 2.47 bits per heavy atom. The van der Waals surface area contributed by atoms with Crippen molar-refractivity contribution in [2.75, 3.05) is 13.7 Å². The van der Waals surface area contributed by atoms with Gasteiger partial charge in [-0.3, -0.25) is 4.79 Å². The van der Waals surface area contributed by atoms with Crippen molar-refractivity contribution in [1.82, 2.24) is 0 Å². The molecule has 15 heavy (non-hydrogen) atoms. The summed E-state index contributed by atoms with van der Waals surface area (Å²) in [6.45, 7) is 0.762. The van der Waals surface area contributed by atoms with Gasteiger partial charge in [-0.1, -0.05) is 12.2 Å². The first-order valence-corrected chi connectivity index (χ1v) is 5.09. The van der Waals surface area contributed by atoms with Crippen LogP contribution in [0.25, 0.3) is 0 Å². The first-order valence-electron chi connectivity index (χ1n) is 5.09. The van der Waals surface area contributed by atoms with E-state index in [0.29, 0.717) is 17.3 Å². The lowest BCUT2D eigenvalue weighted by molar-refractivity contribution is -0.104. The molecule has 0 amide bonds. The summed E-state index contributed by atoms with van der Waals surface area (Å²) >= 11 is 0. The molecule has 0 aromatic carbocycles. The molecule has 1 aliphatic heterocycles. The van der Waals surface area contributed by atoms with Crippen LogP contribution in [0.15, 0.2) is 35.3 Å². The molecule has 0 N–H and O–H groups in total. The van der Waals surface area contributed by atoms with Crippen LogP contribution in [0.4, 0.5) is 0 Å². The van der Waals surface area contributed by atoms with Crippen LogP contribution in [0.2, 0.25) is 0 Å². The van der Waals surface area contributed by atoms with Gasteiger partial charge in [0.25, 0.3) is 0 Å². The minimum absolute atomic E-state index is 0.444. The molecule has 2 aliphatic rings. The average molecular weight is 206 g/mol. The number of hydrogen-bond acceptors (Lipinski definition) is 3. The molecule has 0 aromatic heterocycles. The monoisotopic (exact) mass is 206 g/mol. The molecule has 1 aliphatic carbocycles. The Balaban J connectivity index is 2.40. The summed E-state index contributed by atoms with van der Waals surface area (Å²) in [7, 11) is 1.56. The van der Waals surface area contributed by atoms with Crippen molar-refractivity contribution in [1.29, 1.82) is 0 Å². The lowest BCUT2D eigenvalue weighted by Gasteiger charge is -2.12. The maximum absolute atomic E-state index is 10.8. The number of carbonyl (C=O) groups excluding carboxylic acids is 1. The van der Waals surface area contributed by atoms with Crippen molar-refractivity contribution in [3.8, 4) is 0 Å². The van der Waals surface area contributed by atoms with E-state index >= 15 is 0 Å². The Morgan fingerprint density at radius 3 is 3.20 bits per heavy atom. The zero-order valence-electron chi connectivity index (χ0n) is 8.73. The predicted octanol–water partition coefficient (Wildman–Crippen LogP) is 1.97. The number of rotatable bonds is 2. The first-order chi connectivity index (χ1) is 7.35. The van der Waals surface area contributed by atoms with E-state index < -0.39 is 0 Å². The number of ether oxygens (including phenoxy) is 2. The second-order valence-corrected chi connectivity index (χ2v) is 3.66. The normalized spacial score (nSPS) is 35.3. The highest BCUT2D eigenvalue weighted by Crippen LogP contribution is 2.31. The van der Waals surface area contributed by atoms with Gasteiger partial charge in [0.15, 0.2) is 6.29 Å². The van der Waals surface area contributed by atoms with E-state index in [0.717, 1.165) is 31.5 Å². The zero-order valence-corrected chi connectivity index (χ0v) is 8.73. The Morgan fingerprint density at radius 1 is 1.60 bits per heavy atom. The Kier molecular flexibility index (Phi) is 2.90. The molecule has 0 bridgehead atoms. The second-order valence-electron chi connectivity index (χ2n) is 3.66. The van der Waals surface area contributed by atoms with Gasteiger partial charge < -0.3 is 9.47 Å². The van der Waals surface area contributed by atoms with E-state index in [2.05, 4.69) is 0 Å². The molecule has 3 nitrogen and oxygen atoms in total. The van der Waals surface area contributed by atoms with Crippen LogP contribution in [0, 0.1) is 5.92 Å². The maximum Gasteiger partial charge on any atom is 0.153 e. The van der Waals surface area contributed by atoms with Gasteiger partial charge >= 0.3 is 0 Å². The van der Waals surface area contributed by atoms with E-state index in [-0.39, 0.29) is 0 Å². The third-order valence-electron chi connectivity index (χ3n) is 2.76. The van der Waals surface area contributed by atoms with Crippen molar-refractivity contribution >= 4 is 6.29 Å². The van der Waals surface area contributed by atoms with Gasteiger partial charge in [0, 0.05) is 12.0 Å². The fourth-order valence-corrected chi connectivity index (χ4v) is 1.90. The van der Waals surface area contributed by atoms with E-state index in [1.54, 1.807) is 7.11 Å². The summed E-state index contributed by atoms with van der Waals surface area (Å²) in [6, 6.07) is 0. The summed E-state index contributed by atoms with van der Waals surface area (Å²) in [5.41, 5.74) is 0.568. The van der Waals surface area contributed by atoms with Crippen LogP contribution in [-0.4, -0.2) is 20.0 Å². The van der Waals surface area contributed by atoms with E-state index in [9.17, 15) is 4.79 Å². The SMILES string of the molecule is COC1=C(C=O)/C=C\CC2CCO\C2=C\1. The molecule has 3 heteroatoms. The summed E-state index contributed by atoms with van der Waals surface area (Å²) < 4.78 is 10.7. The highest BCUT2D eigenvalue weighted by molar-refractivity contribution is 5.79. The summed E-state index contributed by atoms with van der Waals surface area (Å²) in [4.78, 5) is 10.8. The van der Waals surface area contributed by atoms with Gasteiger partial charge in [-0.05, 0) is 12.8 Å². The van der Waals surface area contributed by atoms with Crippen LogP contribution in [-0.2, 0) is 14.3 Å². The third-order valence-corrected chi connectivity index (χ3v) is 2.76. The van der Waals surface area contributed by atoms with Gasteiger partial charge in [-0.25, -0.2) is 0 Å². The largest absolute Gasteiger partial charge is 0.497 e. The number of carbonyl (C=O) groups is 1. The Bertz CT molecular complexity index is 350. The number of aldehydes is 1. The molecule has 1 heterocycles. The van der Waals surface area contributed by atoms with Gasteiger partial charge in [-0.15, -0.1) is 0 Å². The third kappa shape index (κ3) is 1.96. The standard InChI is InChI=1S/C12H14O3/c1-14-11-7-12-9(5-6-15-12)3-2-4-10(11)8-13/h2,4,7-9H,3,5-6H2,1H3/b4-2-,11-10-,12-7+. The molecule has 2 rings (SSSR count). The number of methoxy groups -OCH3 is 1. The van der Waals surface area contributed by atoms with Crippen LogP contribution in [0.3, 0.4) is 0 Å². The highest BCUT2D eigenvalue weighted by Gasteiger charge is 2.23. The number of hydrogen-bond donors (Lipinski definition) is 0. The van der Waals surface area contributed by atoms with E-state index in [1.807, 2.05) is 18.2 Å². The number of fused-ring (bicyclic) bond motifs is 1. The fraction of sp³-hybridized carbons (Fsp3) is 0.417. The van der Waals surface area contributed by atoms with Gasteiger partial charge in [0.2, 0.25) is 0 Å². The molecule has 80 valence electrons. The van der Waals surface area contributed by atoms with Crippen molar-refractivity contribution in [3.05, 3.63) is 35.3 Å². The molecule has 0 radical (unpaired) electrons. The topological polar surface area (TPSA) is 35.5 Å². The van der Waals surface area contributed by atoms with E-state index in [4.69, 9.17) is 9.47 Å². The molecular formula is C12H14O3. The van der Waals surface area contributed by atoms with Gasteiger partial charge in [0.05, 0.1) is 19.3 Å². The van der Waals surface area contributed by atoms with Crippen molar-refractivity contribution < 1.29 is 14.3 Å². The molecule has 1 unspecified atom stereocenters. The second kappa shape index (κ2) is 4.34. The molecular weight excluding hydrogens is 192 g/mol. The predicted molar refractivity (Wildman–Crippen MR) is 56.0 cm³/mol. The van der Waals surface area contributed by atoms with Crippen LogP contribution >= 0.6 is 0 Å². The molecule has 1 saturated heterocycles. The highest BCUT2D eigenvalue weighted by atomic mass is 16.5.